The third-order valence-corrected chi connectivity index (χ3v) is 5.02. The van der Waals surface area contributed by atoms with Crippen LogP contribution in [0.2, 0.25) is 5.02 Å². The zero-order valence-corrected chi connectivity index (χ0v) is 18.3. The van der Waals surface area contributed by atoms with E-state index < -0.39 is 18.0 Å². The van der Waals surface area contributed by atoms with Gasteiger partial charge in [-0.3, -0.25) is 0 Å². The van der Waals surface area contributed by atoms with Crippen molar-refractivity contribution >= 4 is 29.3 Å². The maximum absolute atomic E-state index is 13.0. The van der Waals surface area contributed by atoms with E-state index in [9.17, 15) is 9.59 Å². The van der Waals surface area contributed by atoms with Crippen LogP contribution in [0.25, 0.3) is 5.70 Å². The molecular formula is C22H23ClN2O6. The number of hydrogen-bond acceptors (Lipinski definition) is 6. The van der Waals surface area contributed by atoms with Gasteiger partial charge >= 0.3 is 12.0 Å². The molecule has 0 saturated carbocycles. The molecule has 2 aromatic carbocycles. The molecule has 1 aliphatic heterocycles. The highest BCUT2D eigenvalue weighted by Crippen LogP contribution is 2.40. The molecule has 3 rings (SSSR count). The topological polar surface area (TPSA) is 95.1 Å². The Morgan fingerprint density at radius 2 is 1.77 bits per heavy atom. The fourth-order valence-electron chi connectivity index (χ4n) is 3.33. The summed E-state index contributed by atoms with van der Waals surface area (Å²) in [5, 5.41) is 5.77. The Morgan fingerprint density at radius 3 is 2.35 bits per heavy atom. The number of methoxy groups -OCH3 is 3. The first-order valence-corrected chi connectivity index (χ1v) is 9.85. The number of halogens is 1. The molecule has 9 heteroatoms. The van der Waals surface area contributed by atoms with E-state index in [1.165, 1.54) is 14.2 Å². The van der Waals surface area contributed by atoms with Crippen molar-refractivity contribution in [1.29, 1.82) is 0 Å². The van der Waals surface area contributed by atoms with Gasteiger partial charge in [0.2, 0.25) is 0 Å². The van der Waals surface area contributed by atoms with E-state index in [4.69, 9.17) is 30.5 Å². The van der Waals surface area contributed by atoms with E-state index in [2.05, 4.69) is 10.6 Å². The molecule has 164 valence electrons. The van der Waals surface area contributed by atoms with Crippen molar-refractivity contribution < 1.29 is 28.5 Å². The van der Waals surface area contributed by atoms with E-state index in [-0.39, 0.29) is 17.2 Å². The summed E-state index contributed by atoms with van der Waals surface area (Å²) in [6, 6.07) is 8.94. The number of benzene rings is 2. The fraction of sp³-hybridized carbons (Fsp3) is 0.273. The number of carbonyl (C=O) groups is 2. The predicted octanol–water partition coefficient (Wildman–Crippen LogP) is 3.69. The van der Waals surface area contributed by atoms with Gasteiger partial charge in [0.15, 0.2) is 11.5 Å². The third kappa shape index (κ3) is 4.54. The maximum Gasteiger partial charge on any atom is 0.338 e. The second-order valence-electron chi connectivity index (χ2n) is 6.51. The number of urea groups is 1. The van der Waals surface area contributed by atoms with Crippen LogP contribution in [0.4, 0.5) is 4.79 Å². The number of rotatable bonds is 7. The zero-order chi connectivity index (χ0) is 22.5. The minimum absolute atomic E-state index is 0.172. The molecule has 8 nitrogen and oxygen atoms in total. The Bertz CT molecular complexity index is 1020. The summed E-state index contributed by atoms with van der Waals surface area (Å²) in [5.74, 6) is 0.791. The molecule has 0 saturated heterocycles. The molecule has 0 bridgehead atoms. The van der Waals surface area contributed by atoms with Gasteiger partial charge < -0.3 is 29.6 Å². The quantitative estimate of drug-likeness (QED) is 0.630. The van der Waals surface area contributed by atoms with Gasteiger partial charge in [-0.2, -0.15) is 0 Å². The van der Waals surface area contributed by atoms with Crippen LogP contribution in [-0.2, 0) is 9.53 Å². The molecule has 0 aliphatic carbocycles. The smallest absolute Gasteiger partial charge is 0.338 e. The highest BCUT2D eigenvalue weighted by atomic mass is 35.5. The molecule has 1 atom stereocenters. The molecule has 0 fully saturated rings. The van der Waals surface area contributed by atoms with Crippen LogP contribution < -0.4 is 24.8 Å². The van der Waals surface area contributed by atoms with Crippen LogP contribution in [0.3, 0.4) is 0 Å². The normalized spacial score (nSPS) is 15.6. The van der Waals surface area contributed by atoms with Gasteiger partial charge in [0.25, 0.3) is 0 Å². The van der Waals surface area contributed by atoms with Crippen molar-refractivity contribution in [3.8, 4) is 17.2 Å². The van der Waals surface area contributed by atoms with Crippen LogP contribution in [0, 0.1) is 0 Å². The number of amides is 2. The lowest BCUT2D eigenvalue weighted by Crippen LogP contribution is -2.45. The molecule has 1 aliphatic rings. The van der Waals surface area contributed by atoms with Crippen molar-refractivity contribution in [2.45, 2.75) is 13.0 Å². The highest BCUT2D eigenvalue weighted by molar-refractivity contribution is 6.32. The van der Waals surface area contributed by atoms with E-state index in [0.717, 1.165) is 0 Å². The summed E-state index contributed by atoms with van der Waals surface area (Å²) >= 11 is 6.36. The second-order valence-corrected chi connectivity index (χ2v) is 6.91. The van der Waals surface area contributed by atoms with Crippen molar-refractivity contribution in [3.05, 3.63) is 58.1 Å². The summed E-state index contributed by atoms with van der Waals surface area (Å²) in [6.07, 6.45) is 0. The molecule has 0 spiro atoms. The minimum Gasteiger partial charge on any atom is -0.497 e. The van der Waals surface area contributed by atoms with Crippen LogP contribution >= 0.6 is 11.6 Å². The van der Waals surface area contributed by atoms with Crippen molar-refractivity contribution in [3.63, 3.8) is 0 Å². The lowest BCUT2D eigenvalue weighted by atomic mass is 9.92. The van der Waals surface area contributed by atoms with Gasteiger partial charge in [0, 0.05) is 0 Å². The van der Waals surface area contributed by atoms with E-state index in [1.807, 2.05) is 0 Å². The maximum atomic E-state index is 13.0. The standard InChI is InChI=1S/C22H23ClN2O6/c1-5-31-21(26)17-18(12-6-8-14(28-2)9-7-12)24-22(27)25-19(17)13-10-15(23)20(30-4)16(11-13)29-3/h6-11,19H,5H2,1-4H3,(H2,24,25,27). The molecule has 2 amide bonds. The number of ether oxygens (including phenoxy) is 4. The van der Waals surface area contributed by atoms with Crippen LogP contribution in [0.5, 0.6) is 17.2 Å². The van der Waals surface area contributed by atoms with Crippen LogP contribution in [0.15, 0.2) is 42.0 Å². The monoisotopic (exact) mass is 446 g/mol. The Kier molecular flexibility index (Phi) is 6.91. The Labute approximate surface area is 185 Å². The number of hydrogen-bond donors (Lipinski definition) is 2. The van der Waals surface area contributed by atoms with Gasteiger partial charge in [-0.25, -0.2) is 9.59 Å². The van der Waals surface area contributed by atoms with Gasteiger partial charge in [-0.15, -0.1) is 0 Å². The Hall–Kier alpha value is -3.39. The summed E-state index contributed by atoms with van der Waals surface area (Å²) in [6.45, 7) is 1.88. The number of nitrogens with one attached hydrogen (secondary N) is 2. The average Bonchev–Trinajstić information content (AvgIpc) is 2.78. The molecule has 2 N–H and O–H groups in total. The summed E-state index contributed by atoms with van der Waals surface area (Å²) in [5.41, 5.74) is 1.72. The summed E-state index contributed by atoms with van der Waals surface area (Å²) < 4.78 is 21.1. The van der Waals surface area contributed by atoms with Crippen LogP contribution in [0.1, 0.15) is 24.1 Å². The summed E-state index contributed by atoms with van der Waals surface area (Å²) in [7, 11) is 4.51. The summed E-state index contributed by atoms with van der Waals surface area (Å²) in [4.78, 5) is 25.5. The second kappa shape index (κ2) is 9.61. The van der Waals surface area contributed by atoms with Crippen molar-refractivity contribution in [2.24, 2.45) is 0 Å². The third-order valence-electron chi connectivity index (χ3n) is 4.74. The van der Waals surface area contributed by atoms with E-state index >= 15 is 0 Å². The predicted molar refractivity (Wildman–Crippen MR) is 116 cm³/mol. The lowest BCUT2D eigenvalue weighted by Gasteiger charge is -2.30. The van der Waals surface area contributed by atoms with Gasteiger partial charge in [-0.1, -0.05) is 11.6 Å². The molecule has 1 heterocycles. The molecule has 1 unspecified atom stereocenters. The largest absolute Gasteiger partial charge is 0.497 e. The zero-order valence-electron chi connectivity index (χ0n) is 17.6. The molecular weight excluding hydrogens is 424 g/mol. The molecule has 2 aromatic rings. The Balaban J connectivity index is 2.21. The van der Waals surface area contributed by atoms with Crippen molar-refractivity contribution in [2.75, 3.05) is 27.9 Å². The SMILES string of the molecule is CCOC(=O)C1=C(c2ccc(OC)cc2)NC(=O)NC1c1cc(Cl)c(OC)c(OC)c1. The van der Waals surface area contributed by atoms with Gasteiger partial charge in [0.05, 0.1) is 50.3 Å². The fourth-order valence-corrected chi connectivity index (χ4v) is 3.63. The molecule has 0 radical (unpaired) electrons. The minimum atomic E-state index is -0.831. The number of esters is 1. The van der Waals surface area contributed by atoms with Crippen LogP contribution in [-0.4, -0.2) is 39.9 Å². The first-order chi connectivity index (χ1) is 14.9. The average molecular weight is 447 g/mol. The van der Waals surface area contributed by atoms with Gasteiger partial charge in [0.1, 0.15) is 5.75 Å². The van der Waals surface area contributed by atoms with E-state index in [0.29, 0.717) is 34.1 Å². The first kappa shape index (κ1) is 22.3. The molecule has 31 heavy (non-hydrogen) atoms. The van der Waals surface area contributed by atoms with E-state index in [1.54, 1.807) is 50.4 Å². The molecule has 0 aromatic heterocycles. The first-order valence-electron chi connectivity index (χ1n) is 9.48. The van der Waals surface area contributed by atoms with Crippen molar-refractivity contribution in [1.82, 2.24) is 10.6 Å². The lowest BCUT2D eigenvalue weighted by molar-refractivity contribution is -0.138. The highest BCUT2D eigenvalue weighted by Gasteiger charge is 2.35. The number of carbonyl (C=O) groups excluding carboxylic acids is 2. The van der Waals surface area contributed by atoms with Gasteiger partial charge in [-0.05, 0) is 54.4 Å². The Morgan fingerprint density at radius 1 is 1.06 bits per heavy atom.